The van der Waals surface area contributed by atoms with E-state index in [0.29, 0.717) is 17.0 Å². The molecule has 2 rings (SSSR count). The first kappa shape index (κ1) is 14.5. The zero-order valence-electron chi connectivity index (χ0n) is 11.5. The summed E-state index contributed by atoms with van der Waals surface area (Å²) in [5, 5.41) is 3.59. The van der Waals surface area contributed by atoms with E-state index in [1.165, 1.54) is 0 Å². The van der Waals surface area contributed by atoms with Crippen LogP contribution in [0.4, 0.5) is 5.69 Å². The SMILES string of the molecule is Cc1noc(CNS(=O)(=O)c2c(C)ccc(C)c2N)n1. The van der Waals surface area contributed by atoms with Crippen LogP contribution in [0, 0.1) is 20.8 Å². The highest BCUT2D eigenvalue weighted by molar-refractivity contribution is 7.89. The van der Waals surface area contributed by atoms with E-state index in [0.717, 1.165) is 0 Å². The third-order valence-corrected chi connectivity index (χ3v) is 4.47. The van der Waals surface area contributed by atoms with E-state index >= 15 is 0 Å². The standard InChI is InChI=1S/C12H16N4O3S/c1-7-4-5-8(2)12(11(7)13)20(17,18)14-6-10-15-9(3)16-19-10/h4-5,14H,6,13H2,1-3H3. The van der Waals surface area contributed by atoms with Gasteiger partial charge in [-0.2, -0.15) is 4.98 Å². The predicted molar refractivity (Wildman–Crippen MR) is 73.4 cm³/mol. The minimum absolute atomic E-state index is 0.0734. The molecule has 1 aromatic carbocycles. The lowest BCUT2D eigenvalue weighted by molar-refractivity contribution is 0.372. The van der Waals surface area contributed by atoms with Gasteiger partial charge >= 0.3 is 0 Å². The van der Waals surface area contributed by atoms with Crippen LogP contribution in [0.1, 0.15) is 22.8 Å². The highest BCUT2D eigenvalue weighted by Crippen LogP contribution is 2.25. The van der Waals surface area contributed by atoms with Crippen molar-refractivity contribution in [1.82, 2.24) is 14.9 Å². The first-order chi connectivity index (χ1) is 9.31. The molecule has 0 saturated carbocycles. The Kier molecular flexibility index (Phi) is 3.78. The molecule has 0 saturated heterocycles. The maximum absolute atomic E-state index is 12.3. The number of nitrogens with one attached hydrogen (secondary N) is 1. The summed E-state index contributed by atoms with van der Waals surface area (Å²) in [6, 6.07) is 3.50. The second-order valence-corrected chi connectivity index (χ2v) is 6.21. The highest BCUT2D eigenvalue weighted by atomic mass is 32.2. The van der Waals surface area contributed by atoms with E-state index in [2.05, 4.69) is 14.9 Å². The van der Waals surface area contributed by atoms with Crippen LogP contribution in [0.2, 0.25) is 0 Å². The Morgan fingerprint density at radius 3 is 2.50 bits per heavy atom. The predicted octanol–water partition coefficient (Wildman–Crippen LogP) is 1.06. The normalized spacial score (nSPS) is 11.8. The number of hydrogen-bond donors (Lipinski definition) is 2. The number of nitrogens with two attached hydrogens (primary N) is 1. The van der Waals surface area contributed by atoms with Crippen LogP contribution in [0.15, 0.2) is 21.6 Å². The summed E-state index contributed by atoms with van der Waals surface area (Å²) in [5.41, 5.74) is 7.42. The molecule has 0 radical (unpaired) electrons. The molecule has 108 valence electrons. The third kappa shape index (κ3) is 2.81. The molecule has 0 aliphatic carbocycles. The molecule has 1 aromatic heterocycles. The molecule has 0 bridgehead atoms. The van der Waals surface area contributed by atoms with Gasteiger partial charge in [0.2, 0.25) is 15.9 Å². The van der Waals surface area contributed by atoms with Crippen molar-refractivity contribution in [3.8, 4) is 0 Å². The summed E-state index contributed by atoms with van der Waals surface area (Å²) in [6.07, 6.45) is 0. The molecule has 8 heteroatoms. The number of aryl methyl sites for hydroxylation is 3. The third-order valence-electron chi connectivity index (χ3n) is 2.86. The summed E-state index contributed by atoms with van der Waals surface area (Å²) < 4.78 is 31.9. The van der Waals surface area contributed by atoms with Gasteiger partial charge in [-0.1, -0.05) is 17.3 Å². The lowest BCUT2D eigenvalue weighted by atomic mass is 10.1. The second kappa shape index (κ2) is 5.22. The van der Waals surface area contributed by atoms with Crippen molar-refractivity contribution in [1.29, 1.82) is 0 Å². The van der Waals surface area contributed by atoms with Gasteiger partial charge in [0.25, 0.3) is 0 Å². The van der Waals surface area contributed by atoms with Crippen molar-refractivity contribution in [3.05, 3.63) is 35.0 Å². The quantitative estimate of drug-likeness (QED) is 0.816. The summed E-state index contributed by atoms with van der Waals surface area (Å²) in [7, 11) is -3.74. The number of sulfonamides is 1. The van der Waals surface area contributed by atoms with Crippen molar-refractivity contribution in [2.24, 2.45) is 0 Å². The number of anilines is 1. The summed E-state index contributed by atoms with van der Waals surface area (Å²) in [4.78, 5) is 4.03. The second-order valence-electron chi connectivity index (χ2n) is 4.50. The van der Waals surface area contributed by atoms with E-state index in [1.54, 1.807) is 32.9 Å². The van der Waals surface area contributed by atoms with Crippen LogP contribution in [0.25, 0.3) is 0 Å². The Balaban J connectivity index is 2.29. The average molecular weight is 296 g/mol. The molecule has 7 nitrogen and oxygen atoms in total. The van der Waals surface area contributed by atoms with E-state index in [1.807, 2.05) is 0 Å². The molecule has 0 aliphatic rings. The minimum Gasteiger partial charge on any atom is -0.397 e. The molecule has 1 heterocycles. The topological polar surface area (TPSA) is 111 Å². The molecule has 20 heavy (non-hydrogen) atoms. The Labute approximate surface area is 117 Å². The van der Waals surface area contributed by atoms with Gasteiger partial charge in [-0.15, -0.1) is 0 Å². The molecular formula is C12H16N4O3S. The van der Waals surface area contributed by atoms with Crippen LogP contribution in [0.5, 0.6) is 0 Å². The molecule has 0 unspecified atom stereocenters. The van der Waals surface area contributed by atoms with Gasteiger partial charge in [0.1, 0.15) is 4.90 Å². The first-order valence-corrected chi connectivity index (χ1v) is 7.44. The number of rotatable bonds is 4. The van der Waals surface area contributed by atoms with Gasteiger partial charge < -0.3 is 10.3 Å². The number of nitrogen functional groups attached to an aromatic ring is 1. The molecule has 0 atom stereocenters. The van der Waals surface area contributed by atoms with Crippen molar-refractivity contribution < 1.29 is 12.9 Å². The Hall–Kier alpha value is -1.93. The van der Waals surface area contributed by atoms with Gasteiger partial charge in [-0.05, 0) is 31.9 Å². The minimum atomic E-state index is -3.74. The fourth-order valence-corrected chi connectivity index (χ4v) is 3.20. The van der Waals surface area contributed by atoms with Gasteiger partial charge in [0.15, 0.2) is 5.82 Å². The summed E-state index contributed by atoms with van der Waals surface area (Å²) >= 11 is 0. The smallest absolute Gasteiger partial charge is 0.243 e. The van der Waals surface area contributed by atoms with Gasteiger partial charge in [-0.3, -0.25) is 0 Å². The van der Waals surface area contributed by atoms with E-state index in [9.17, 15) is 8.42 Å². The summed E-state index contributed by atoms with van der Waals surface area (Å²) in [5.74, 6) is 0.653. The average Bonchev–Trinajstić information content (AvgIpc) is 2.78. The number of benzene rings is 1. The van der Waals surface area contributed by atoms with Crippen LogP contribution >= 0.6 is 0 Å². The molecule has 2 aromatic rings. The van der Waals surface area contributed by atoms with E-state index in [-0.39, 0.29) is 23.0 Å². The fourth-order valence-electron chi connectivity index (χ4n) is 1.80. The van der Waals surface area contributed by atoms with Crippen molar-refractivity contribution >= 4 is 15.7 Å². The van der Waals surface area contributed by atoms with Crippen LogP contribution < -0.4 is 10.5 Å². The van der Waals surface area contributed by atoms with Gasteiger partial charge in [0.05, 0.1) is 12.2 Å². The lowest BCUT2D eigenvalue weighted by Crippen LogP contribution is -2.25. The van der Waals surface area contributed by atoms with Gasteiger partial charge in [0, 0.05) is 0 Å². The lowest BCUT2D eigenvalue weighted by Gasteiger charge is -2.12. The maximum atomic E-state index is 12.3. The van der Waals surface area contributed by atoms with E-state index in [4.69, 9.17) is 10.3 Å². The molecule has 3 N–H and O–H groups in total. The van der Waals surface area contributed by atoms with Crippen molar-refractivity contribution in [3.63, 3.8) is 0 Å². The van der Waals surface area contributed by atoms with Crippen molar-refractivity contribution in [2.45, 2.75) is 32.2 Å². The molecule has 0 aliphatic heterocycles. The molecule has 0 spiro atoms. The highest BCUT2D eigenvalue weighted by Gasteiger charge is 2.21. The summed E-state index contributed by atoms with van der Waals surface area (Å²) in [6.45, 7) is 5.04. The zero-order chi connectivity index (χ0) is 14.9. The van der Waals surface area contributed by atoms with E-state index < -0.39 is 10.0 Å². The Morgan fingerprint density at radius 1 is 1.25 bits per heavy atom. The number of aromatic nitrogens is 2. The largest absolute Gasteiger partial charge is 0.397 e. The Bertz CT molecular complexity index is 737. The Morgan fingerprint density at radius 2 is 1.90 bits per heavy atom. The molecular weight excluding hydrogens is 280 g/mol. The first-order valence-electron chi connectivity index (χ1n) is 5.96. The monoisotopic (exact) mass is 296 g/mol. The van der Waals surface area contributed by atoms with Crippen molar-refractivity contribution in [2.75, 3.05) is 5.73 Å². The van der Waals surface area contributed by atoms with Crippen LogP contribution in [-0.4, -0.2) is 18.6 Å². The van der Waals surface area contributed by atoms with Gasteiger partial charge in [-0.25, -0.2) is 13.1 Å². The number of nitrogens with zero attached hydrogens (tertiary/aromatic N) is 2. The molecule has 0 fully saturated rings. The molecule has 0 amide bonds. The fraction of sp³-hybridized carbons (Fsp3) is 0.333. The maximum Gasteiger partial charge on any atom is 0.243 e. The number of hydrogen-bond acceptors (Lipinski definition) is 6. The van der Waals surface area contributed by atoms with Crippen LogP contribution in [-0.2, 0) is 16.6 Å². The van der Waals surface area contributed by atoms with Crippen LogP contribution in [0.3, 0.4) is 0 Å². The zero-order valence-corrected chi connectivity index (χ0v) is 12.3.